The van der Waals surface area contributed by atoms with Crippen molar-refractivity contribution in [1.29, 1.82) is 0 Å². The Kier molecular flexibility index (Phi) is 2.64. The van der Waals surface area contributed by atoms with Gasteiger partial charge < -0.3 is 0 Å². The van der Waals surface area contributed by atoms with E-state index in [1.807, 2.05) is 6.92 Å². The Labute approximate surface area is 94.1 Å². The van der Waals surface area contributed by atoms with Crippen LogP contribution in [0.5, 0.6) is 0 Å². The molecule has 1 unspecified atom stereocenters. The number of hydrogen-bond acceptors (Lipinski definition) is 3. The van der Waals surface area contributed by atoms with E-state index >= 15 is 0 Å². The van der Waals surface area contributed by atoms with Crippen LogP contribution in [0.25, 0.3) is 0 Å². The number of rotatable bonds is 1. The second-order valence-corrected chi connectivity index (χ2v) is 5.17. The maximum Gasteiger partial charge on any atom is 0.254 e. The van der Waals surface area contributed by atoms with Gasteiger partial charge in [-0.25, -0.2) is 4.98 Å². The molecular weight excluding hydrogens is 299 g/mol. The van der Waals surface area contributed by atoms with Crippen molar-refractivity contribution in [2.75, 3.05) is 4.43 Å². The average molecular weight is 308 g/mol. The highest BCUT2D eigenvalue weighted by molar-refractivity contribution is 14.1. The lowest BCUT2D eigenvalue weighted by Crippen LogP contribution is -2.21. The molecule has 0 amide bonds. The molecule has 1 aliphatic rings. The summed E-state index contributed by atoms with van der Waals surface area (Å²) in [5.41, 5.74) is 0.903. The number of aryl methyl sites for hydroxylation is 1. The SMILES string of the molecule is Cc1cc(=O)n2c(n1)SC(CI)C2. The molecule has 2 rings (SSSR count). The number of nitrogens with zero attached hydrogens (tertiary/aromatic N) is 2. The Morgan fingerprint density at radius 3 is 3.31 bits per heavy atom. The van der Waals surface area contributed by atoms with Gasteiger partial charge in [-0.2, -0.15) is 0 Å². The highest BCUT2D eigenvalue weighted by Crippen LogP contribution is 2.29. The molecule has 1 aromatic rings. The number of halogens is 1. The molecule has 1 aliphatic heterocycles. The fourth-order valence-electron chi connectivity index (χ4n) is 1.32. The summed E-state index contributed by atoms with van der Waals surface area (Å²) in [4.78, 5) is 15.8. The highest BCUT2D eigenvalue weighted by atomic mass is 127. The first-order valence-electron chi connectivity index (χ1n) is 4.02. The monoisotopic (exact) mass is 308 g/mol. The van der Waals surface area contributed by atoms with Crippen molar-refractivity contribution in [3.05, 3.63) is 22.1 Å². The molecule has 0 bridgehead atoms. The molecule has 0 aliphatic carbocycles. The maximum atomic E-state index is 11.5. The van der Waals surface area contributed by atoms with Gasteiger partial charge in [0.05, 0.1) is 0 Å². The standard InChI is InChI=1S/C8H9IN2OS/c1-5-2-7(12)11-4-6(3-9)13-8(11)10-5/h2,6H,3-4H2,1H3. The third-order valence-corrected chi connectivity index (χ3v) is 4.76. The van der Waals surface area contributed by atoms with Gasteiger partial charge in [0.2, 0.25) is 0 Å². The van der Waals surface area contributed by atoms with Gasteiger partial charge >= 0.3 is 0 Å². The Hall–Kier alpha value is -0.0400. The first-order valence-corrected chi connectivity index (χ1v) is 6.42. The van der Waals surface area contributed by atoms with Crippen LogP contribution in [0.15, 0.2) is 16.0 Å². The first kappa shape index (κ1) is 9.51. The Morgan fingerprint density at radius 1 is 1.85 bits per heavy atom. The summed E-state index contributed by atoms with van der Waals surface area (Å²) in [5.74, 6) is 0. The number of alkyl halides is 1. The van der Waals surface area contributed by atoms with Crippen LogP contribution in [0.4, 0.5) is 0 Å². The van der Waals surface area contributed by atoms with Crippen LogP contribution in [0, 0.1) is 6.92 Å². The van der Waals surface area contributed by atoms with Gasteiger partial charge in [0.1, 0.15) is 0 Å². The van der Waals surface area contributed by atoms with Crippen molar-refractivity contribution in [3.63, 3.8) is 0 Å². The minimum absolute atomic E-state index is 0.0855. The molecular formula is C8H9IN2OS. The van der Waals surface area contributed by atoms with Crippen LogP contribution in [-0.2, 0) is 6.54 Å². The van der Waals surface area contributed by atoms with Gasteiger partial charge in [0.25, 0.3) is 5.56 Å². The predicted octanol–water partition coefficient (Wildman–Crippen LogP) is 1.46. The van der Waals surface area contributed by atoms with Crippen molar-refractivity contribution in [2.45, 2.75) is 23.9 Å². The highest BCUT2D eigenvalue weighted by Gasteiger charge is 2.23. The molecule has 0 saturated carbocycles. The molecule has 0 fully saturated rings. The summed E-state index contributed by atoms with van der Waals surface area (Å²) >= 11 is 4.05. The lowest BCUT2D eigenvalue weighted by atomic mass is 10.4. The molecule has 70 valence electrons. The van der Waals surface area contributed by atoms with E-state index in [0.29, 0.717) is 5.25 Å². The maximum absolute atomic E-state index is 11.5. The molecule has 2 heterocycles. The normalized spacial score (nSPS) is 20.3. The molecule has 0 saturated heterocycles. The van der Waals surface area contributed by atoms with Crippen LogP contribution >= 0.6 is 34.4 Å². The fraction of sp³-hybridized carbons (Fsp3) is 0.500. The van der Waals surface area contributed by atoms with Gasteiger partial charge in [0.15, 0.2) is 5.16 Å². The van der Waals surface area contributed by atoms with Crippen molar-refractivity contribution >= 4 is 34.4 Å². The third kappa shape index (κ3) is 1.76. The minimum Gasteiger partial charge on any atom is -0.286 e. The molecule has 1 aromatic heterocycles. The number of thioether (sulfide) groups is 1. The van der Waals surface area contributed by atoms with Crippen molar-refractivity contribution in [1.82, 2.24) is 9.55 Å². The van der Waals surface area contributed by atoms with Gasteiger partial charge in [-0.05, 0) is 6.92 Å². The Morgan fingerprint density at radius 2 is 2.62 bits per heavy atom. The van der Waals surface area contributed by atoms with Crippen molar-refractivity contribution < 1.29 is 0 Å². The smallest absolute Gasteiger partial charge is 0.254 e. The fourth-order valence-corrected chi connectivity index (χ4v) is 3.21. The zero-order valence-corrected chi connectivity index (χ0v) is 10.1. The van der Waals surface area contributed by atoms with E-state index in [2.05, 4.69) is 27.6 Å². The minimum atomic E-state index is 0.0855. The van der Waals surface area contributed by atoms with Crippen molar-refractivity contribution in [3.8, 4) is 0 Å². The molecule has 5 heteroatoms. The average Bonchev–Trinajstić information content (AvgIpc) is 2.47. The summed E-state index contributed by atoms with van der Waals surface area (Å²) in [6, 6.07) is 1.60. The zero-order chi connectivity index (χ0) is 9.42. The Balaban J connectivity index is 2.46. The van der Waals surface area contributed by atoms with Gasteiger partial charge in [-0.15, -0.1) is 0 Å². The largest absolute Gasteiger partial charge is 0.286 e. The van der Waals surface area contributed by atoms with E-state index in [9.17, 15) is 4.79 Å². The molecule has 13 heavy (non-hydrogen) atoms. The number of hydrogen-bond donors (Lipinski definition) is 0. The van der Waals surface area contributed by atoms with E-state index < -0.39 is 0 Å². The zero-order valence-electron chi connectivity index (χ0n) is 7.16. The van der Waals surface area contributed by atoms with Crippen LogP contribution in [0.3, 0.4) is 0 Å². The van der Waals surface area contributed by atoms with E-state index in [0.717, 1.165) is 21.8 Å². The topological polar surface area (TPSA) is 34.9 Å². The van der Waals surface area contributed by atoms with E-state index in [1.54, 1.807) is 22.4 Å². The van der Waals surface area contributed by atoms with Gasteiger partial charge in [0, 0.05) is 28.0 Å². The van der Waals surface area contributed by atoms with E-state index in [4.69, 9.17) is 0 Å². The molecule has 0 aromatic carbocycles. The predicted molar refractivity (Wildman–Crippen MR) is 61.8 cm³/mol. The van der Waals surface area contributed by atoms with Gasteiger partial charge in [-0.3, -0.25) is 9.36 Å². The summed E-state index contributed by atoms with van der Waals surface area (Å²) in [7, 11) is 0. The molecule has 0 N–H and O–H groups in total. The summed E-state index contributed by atoms with van der Waals surface area (Å²) in [5, 5.41) is 1.40. The van der Waals surface area contributed by atoms with E-state index in [1.165, 1.54) is 0 Å². The summed E-state index contributed by atoms with van der Waals surface area (Å²) < 4.78 is 2.82. The van der Waals surface area contributed by atoms with Crippen LogP contribution < -0.4 is 5.56 Å². The molecule has 0 spiro atoms. The van der Waals surface area contributed by atoms with Crippen LogP contribution in [0.1, 0.15) is 5.69 Å². The summed E-state index contributed by atoms with van der Waals surface area (Å²) in [6.45, 7) is 2.68. The number of aromatic nitrogens is 2. The lowest BCUT2D eigenvalue weighted by molar-refractivity contribution is 0.618. The van der Waals surface area contributed by atoms with E-state index in [-0.39, 0.29) is 5.56 Å². The third-order valence-electron chi connectivity index (χ3n) is 1.93. The quantitative estimate of drug-likeness (QED) is 0.448. The Bertz CT molecular complexity index is 390. The van der Waals surface area contributed by atoms with Crippen LogP contribution in [0.2, 0.25) is 0 Å². The molecule has 0 radical (unpaired) electrons. The van der Waals surface area contributed by atoms with Crippen molar-refractivity contribution in [2.24, 2.45) is 0 Å². The molecule has 3 nitrogen and oxygen atoms in total. The number of fused-ring (bicyclic) bond motifs is 1. The second-order valence-electron chi connectivity index (χ2n) is 3.02. The lowest BCUT2D eigenvalue weighted by Gasteiger charge is -2.00. The molecule has 1 atom stereocenters. The second kappa shape index (κ2) is 3.61. The van der Waals surface area contributed by atoms with Crippen LogP contribution in [-0.4, -0.2) is 19.2 Å². The first-order chi connectivity index (χ1) is 6.20. The van der Waals surface area contributed by atoms with Gasteiger partial charge in [-0.1, -0.05) is 34.4 Å². The summed E-state index contributed by atoms with van der Waals surface area (Å²) in [6.07, 6.45) is 0.